The molecule has 0 aliphatic rings. The number of H-pyrrole nitrogens is 1. The summed E-state index contributed by atoms with van der Waals surface area (Å²) in [5.74, 6) is -0.105. The average molecular weight is 295 g/mol. The summed E-state index contributed by atoms with van der Waals surface area (Å²) in [6.07, 6.45) is 1.74. The van der Waals surface area contributed by atoms with Gasteiger partial charge >= 0.3 is 5.97 Å². The molecule has 1 heterocycles. The van der Waals surface area contributed by atoms with Gasteiger partial charge in [0.1, 0.15) is 12.4 Å². The number of fused-ring (bicyclic) bond motifs is 1. The molecule has 2 aromatic carbocycles. The zero-order chi connectivity index (χ0) is 15.5. The Kier molecular flexibility index (Phi) is 3.83. The van der Waals surface area contributed by atoms with Gasteiger partial charge in [-0.05, 0) is 36.2 Å². The van der Waals surface area contributed by atoms with Gasteiger partial charge in [0.05, 0.1) is 6.42 Å². The molecule has 1 aromatic heterocycles. The smallest absolute Gasteiger partial charge is 0.307 e. The van der Waals surface area contributed by atoms with Crippen molar-refractivity contribution in [3.63, 3.8) is 0 Å². The molecule has 0 aliphatic heterocycles. The van der Waals surface area contributed by atoms with Crippen LogP contribution in [0, 0.1) is 6.92 Å². The minimum absolute atomic E-state index is 0.00140. The number of aryl methyl sites for hydroxylation is 1. The second kappa shape index (κ2) is 5.93. The lowest BCUT2D eigenvalue weighted by atomic mass is 10.1. The lowest BCUT2D eigenvalue weighted by molar-refractivity contribution is -0.136. The van der Waals surface area contributed by atoms with Crippen molar-refractivity contribution >= 4 is 16.9 Å². The van der Waals surface area contributed by atoms with Gasteiger partial charge in [-0.25, -0.2) is 0 Å². The summed E-state index contributed by atoms with van der Waals surface area (Å²) in [6, 6.07) is 13.9. The number of nitrogens with one attached hydrogen (secondary N) is 1. The van der Waals surface area contributed by atoms with E-state index in [4.69, 9.17) is 9.84 Å². The maximum atomic E-state index is 10.9. The van der Waals surface area contributed by atoms with Crippen LogP contribution in [-0.4, -0.2) is 16.1 Å². The number of rotatable bonds is 5. The molecule has 0 amide bonds. The number of aromatic amines is 1. The summed E-state index contributed by atoms with van der Waals surface area (Å²) in [6.45, 7) is 2.54. The first-order valence-electron chi connectivity index (χ1n) is 7.12. The largest absolute Gasteiger partial charge is 0.489 e. The molecule has 0 unspecified atom stereocenters. The topological polar surface area (TPSA) is 62.3 Å². The fourth-order valence-electron chi connectivity index (χ4n) is 2.41. The van der Waals surface area contributed by atoms with E-state index in [1.165, 1.54) is 5.56 Å². The van der Waals surface area contributed by atoms with Gasteiger partial charge in [0.25, 0.3) is 0 Å². The molecule has 4 nitrogen and oxygen atoms in total. The van der Waals surface area contributed by atoms with Crippen LogP contribution in [0.15, 0.2) is 48.7 Å². The molecule has 0 saturated heterocycles. The number of aliphatic carboxylic acids is 1. The second-order valence-electron chi connectivity index (χ2n) is 5.37. The number of ether oxygens (including phenoxy) is 1. The number of hydrogen-bond acceptors (Lipinski definition) is 2. The fraction of sp³-hybridized carbons (Fsp3) is 0.167. The van der Waals surface area contributed by atoms with Gasteiger partial charge in [0.2, 0.25) is 0 Å². The van der Waals surface area contributed by atoms with E-state index in [2.05, 4.69) is 24.0 Å². The third-order valence-electron chi connectivity index (χ3n) is 3.61. The van der Waals surface area contributed by atoms with Crippen molar-refractivity contribution in [2.45, 2.75) is 20.0 Å². The number of carbonyl (C=O) groups is 1. The summed E-state index contributed by atoms with van der Waals surface area (Å²) in [5, 5.41) is 9.84. The molecular weight excluding hydrogens is 278 g/mol. The highest BCUT2D eigenvalue weighted by atomic mass is 16.5. The second-order valence-corrected chi connectivity index (χ2v) is 5.37. The van der Waals surface area contributed by atoms with Gasteiger partial charge in [-0.3, -0.25) is 4.79 Å². The third kappa shape index (κ3) is 3.11. The molecule has 4 heteroatoms. The van der Waals surface area contributed by atoms with Crippen LogP contribution in [0.4, 0.5) is 0 Å². The summed E-state index contributed by atoms with van der Waals surface area (Å²) in [7, 11) is 0. The van der Waals surface area contributed by atoms with Crippen molar-refractivity contribution in [3.05, 3.63) is 65.4 Å². The quantitative estimate of drug-likeness (QED) is 0.754. The van der Waals surface area contributed by atoms with E-state index in [-0.39, 0.29) is 6.42 Å². The zero-order valence-electron chi connectivity index (χ0n) is 12.3. The minimum Gasteiger partial charge on any atom is -0.489 e. The average Bonchev–Trinajstić information content (AvgIpc) is 2.88. The summed E-state index contributed by atoms with van der Waals surface area (Å²) in [4.78, 5) is 14.0. The van der Waals surface area contributed by atoms with Gasteiger partial charge in [-0.15, -0.1) is 0 Å². The summed E-state index contributed by atoms with van der Waals surface area (Å²) >= 11 is 0. The van der Waals surface area contributed by atoms with E-state index >= 15 is 0 Å². The van der Waals surface area contributed by atoms with Crippen LogP contribution in [0.1, 0.15) is 16.7 Å². The molecule has 0 aliphatic carbocycles. The molecule has 0 spiro atoms. The van der Waals surface area contributed by atoms with Crippen molar-refractivity contribution < 1.29 is 14.6 Å². The summed E-state index contributed by atoms with van der Waals surface area (Å²) in [5.41, 5.74) is 4.00. The Morgan fingerprint density at radius 2 is 1.95 bits per heavy atom. The number of benzene rings is 2. The Bertz CT molecular complexity index is 803. The van der Waals surface area contributed by atoms with Gasteiger partial charge in [0.15, 0.2) is 0 Å². The maximum Gasteiger partial charge on any atom is 0.307 e. The van der Waals surface area contributed by atoms with Crippen LogP contribution < -0.4 is 4.74 Å². The predicted octanol–water partition coefficient (Wildman–Crippen LogP) is 3.68. The van der Waals surface area contributed by atoms with E-state index in [1.54, 1.807) is 6.20 Å². The SMILES string of the molecule is Cc1ccc(COc2ccc3[nH]cc(CC(=O)O)c3c2)cc1. The first-order valence-corrected chi connectivity index (χ1v) is 7.12. The molecule has 112 valence electrons. The Labute approximate surface area is 128 Å². The van der Waals surface area contributed by atoms with Gasteiger partial charge < -0.3 is 14.8 Å². The predicted molar refractivity (Wildman–Crippen MR) is 85.1 cm³/mol. The van der Waals surface area contributed by atoms with Gasteiger partial charge in [-0.1, -0.05) is 29.8 Å². The molecule has 3 aromatic rings. The van der Waals surface area contributed by atoms with Crippen LogP contribution in [0.5, 0.6) is 5.75 Å². The number of hydrogen-bond donors (Lipinski definition) is 2. The molecule has 22 heavy (non-hydrogen) atoms. The number of carboxylic acid groups (broad SMARTS) is 1. The lowest BCUT2D eigenvalue weighted by Crippen LogP contribution is -1.99. The van der Waals surface area contributed by atoms with Crippen LogP contribution in [0.25, 0.3) is 10.9 Å². The van der Waals surface area contributed by atoms with E-state index in [1.807, 2.05) is 30.3 Å². The maximum absolute atomic E-state index is 10.9. The van der Waals surface area contributed by atoms with E-state index < -0.39 is 5.97 Å². The minimum atomic E-state index is -0.841. The van der Waals surface area contributed by atoms with Crippen LogP contribution >= 0.6 is 0 Å². The van der Waals surface area contributed by atoms with E-state index in [0.717, 1.165) is 27.8 Å². The van der Waals surface area contributed by atoms with Crippen LogP contribution in [0.3, 0.4) is 0 Å². The van der Waals surface area contributed by atoms with Crippen LogP contribution in [-0.2, 0) is 17.8 Å². The number of carboxylic acids is 1. The molecular formula is C18H17NO3. The monoisotopic (exact) mass is 295 g/mol. The first-order chi connectivity index (χ1) is 10.6. The Morgan fingerprint density at radius 1 is 1.18 bits per heavy atom. The van der Waals surface area contributed by atoms with Crippen molar-refractivity contribution in [3.8, 4) is 5.75 Å². The molecule has 2 N–H and O–H groups in total. The Morgan fingerprint density at radius 3 is 2.68 bits per heavy atom. The molecule has 0 bridgehead atoms. The standard InChI is InChI=1S/C18H17NO3/c1-12-2-4-13(5-3-12)11-22-15-6-7-17-16(9-15)14(10-19-17)8-18(20)21/h2-7,9-10,19H,8,11H2,1H3,(H,20,21). The Hall–Kier alpha value is -2.75. The normalized spacial score (nSPS) is 10.8. The molecule has 0 saturated carbocycles. The third-order valence-corrected chi connectivity index (χ3v) is 3.61. The first kappa shape index (κ1) is 14.2. The number of aromatic nitrogens is 1. The fourth-order valence-corrected chi connectivity index (χ4v) is 2.41. The van der Waals surface area contributed by atoms with Crippen molar-refractivity contribution in [1.82, 2.24) is 4.98 Å². The van der Waals surface area contributed by atoms with Gasteiger partial charge in [0, 0.05) is 17.1 Å². The van der Waals surface area contributed by atoms with Gasteiger partial charge in [-0.2, -0.15) is 0 Å². The Balaban J connectivity index is 1.78. The molecule has 0 fully saturated rings. The lowest BCUT2D eigenvalue weighted by Gasteiger charge is -2.07. The zero-order valence-corrected chi connectivity index (χ0v) is 12.3. The van der Waals surface area contributed by atoms with Crippen LogP contribution in [0.2, 0.25) is 0 Å². The van der Waals surface area contributed by atoms with Crippen molar-refractivity contribution in [2.24, 2.45) is 0 Å². The summed E-state index contributed by atoms with van der Waals surface area (Å²) < 4.78 is 5.81. The van der Waals surface area contributed by atoms with E-state index in [9.17, 15) is 4.79 Å². The van der Waals surface area contributed by atoms with E-state index in [0.29, 0.717) is 6.61 Å². The highest BCUT2D eigenvalue weighted by Gasteiger charge is 2.08. The molecule has 0 radical (unpaired) electrons. The molecule has 0 atom stereocenters. The highest BCUT2D eigenvalue weighted by molar-refractivity contribution is 5.87. The highest BCUT2D eigenvalue weighted by Crippen LogP contribution is 2.24. The van der Waals surface area contributed by atoms with Crippen molar-refractivity contribution in [1.29, 1.82) is 0 Å². The molecule has 3 rings (SSSR count). The van der Waals surface area contributed by atoms with Crippen molar-refractivity contribution in [2.75, 3.05) is 0 Å².